The molecule has 1 aromatic rings. The molecule has 1 aliphatic rings. The first-order chi connectivity index (χ1) is 11.0. The average molecular weight is 340 g/mol. The highest BCUT2D eigenvalue weighted by molar-refractivity contribution is 6.30. The minimum atomic E-state index is -0.155. The maximum atomic E-state index is 11.9. The molecule has 3 amide bonds. The van der Waals surface area contributed by atoms with E-state index in [1.165, 1.54) is 0 Å². The summed E-state index contributed by atoms with van der Waals surface area (Å²) in [6.07, 6.45) is 1.51. The zero-order chi connectivity index (χ0) is 16.8. The Morgan fingerprint density at radius 2 is 1.87 bits per heavy atom. The van der Waals surface area contributed by atoms with Gasteiger partial charge in [-0.05, 0) is 37.1 Å². The molecule has 0 radical (unpaired) electrons. The van der Waals surface area contributed by atoms with Gasteiger partial charge in [0.25, 0.3) is 5.91 Å². The van der Waals surface area contributed by atoms with Crippen LogP contribution >= 0.6 is 11.6 Å². The third kappa shape index (κ3) is 5.32. The van der Waals surface area contributed by atoms with Gasteiger partial charge in [-0.25, -0.2) is 4.79 Å². The average Bonchev–Trinajstić information content (AvgIpc) is 2.54. The molecule has 0 atom stereocenters. The minimum Gasteiger partial charge on any atom is -0.484 e. The van der Waals surface area contributed by atoms with Crippen LogP contribution in [0.25, 0.3) is 0 Å². The number of piperidine rings is 1. The summed E-state index contributed by atoms with van der Waals surface area (Å²) in [5.41, 5.74) is 0. The molecule has 1 fully saturated rings. The molecule has 0 bridgehead atoms. The molecule has 7 heteroatoms. The number of nitrogens with zero attached hydrogens (tertiary/aromatic N) is 2. The third-order valence-corrected chi connectivity index (χ3v) is 3.95. The van der Waals surface area contributed by atoms with E-state index in [1.807, 2.05) is 0 Å². The lowest BCUT2D eigenvalue weighted by Crippen LogP contribution is -2.49. The molecule has 6 nitrogen and oxygen atoms in total. The van der Waals surface area contributed by atoms with Gasteiger partial charge in [0, 0.05) is 38.2 Å². The summed E-state index contributed by atoms with van der Waals surface area (Å²) in [7, 11) is 3.48. The molecule has 1 aromatic carbocycles. The maximum Gasteiger partial charge on any atom is 0.319 e. The highest BCUT2D eigenvalue weighted by Crippen LogP contribution is 2.15. The van der Waals surface area contributed by atoms with E-state index >= 15 is 0 Å². The number of amides is 3. The van der Waals surface area contributed by atoms with Crippen molar-refractivity contribution in [2.45, 2.75) is 18.9 Å². The zero-order valence-corrected chi connectivity index (χ0v) is 14.2. The molecule has 1 saturated heterocycles. The van der Waals surface area contributed by atoms with E-state index in [0.29, 0.717) is 23.9 Å². The molecule has 1 N–H and O–H groups in total. The molecule has 0 aromatic heterocycles. The van der Waals surface area contributed by atoms with Gasteiger partial charge in [0.1, 0.15) is 5.75 Å². The number of rotatable bonds is 4. The predicted octanol–water partition coefficient (Wildman–Crippen LogP) is 1.98. The van der Waals surface area contributed by atoms with Crippen LogP contribution in [-0.4, -0.2) is 61.6 Å². The first-order valence-electron chi connectivity index (χ1n) is 7.59. The van der Waals surface area contributed by atoms with Gasteiger partial charge in [-0.1, -0.05) is 11.6 Å². The van der Waals surface area contributed by atoms with Crippen LogP contribution in [0.4, 0.5) is 4.79 Å². The van der Waals surface area contributed by atoms with Crippen molar-refractivity contribution in [1.29, 1.82) is 0 Å². The first kappa shape index (κ1) is 17.4. The lowest BCUT2D eigenvalue weighted by molar-refractivity contribution is -0.124. The van der Waals surface area contributed by atoms with Crippen molar-refractivity contribution < 1.29 is 14.3 Å². The molecule has 1 heterocycles. The summed E-state index contributed by atoms with van der Waals surface area (Å²) in [4.78, 5) is 27.1. The van der Waals surface area contributed by atoms with Crippen molar-refractivity contribution in [1.82, 2.24) is 15.1 Å². The molecule has 23 heavy (non-hydrogen) atoms. The van der Waals surface area contributed by atoms with E-state index in [1.54, 1.807) is 48.2 Å². The molecule has 0 aliphatic carbocycles. The van der Waals surface area contributed by atoms with Crippen LogP contribution in [0.5, 0.6) is 5.75 Å². The summed E-state index contributed by atoms with van der Waals surface area (Å²) in [5.74, 6) is 0.452. The molecule has 126 valence electrons. The van der Waals surface area contributed by atoms with Crippen LogP contribution in [0.2, 0.25) is 5.02 Å². The Morgan fingerprint density at radius 3 is 2.43 bits per heavy atom. The third-order valence-electron chi connectivity index (χ3n) is 3.70. The highest BCUT2D eigenvalue weighted by Gasteiger charge is 2.24. The Hall–Kier alpha value is -1.95. The Balaban J connectivity index is 1.70. The molecule has 2 rings (SSSR count). The number of halogens is 1. The van der Waals surface area contributed by atoms with Crippen molar-refractivity contribution in [3.63, 3.8) is 0 Å². The molecule has 0 unspecified atom stereocenters. The minimum absolute atomic E-state index is 0.0147. The van der Waals surface area contributed by atoms with Crippen LogP contribution in [0.1, 0.15) is 12.8 Å². The van der Waals surface area contributed by atoms with Crippen molar-refractivity contribution in [2.75, 3.05) is 33.8 Å². The summed E-state index contributed by atoms with van der Waals surface area (Å²) in [6.45, 7) is 1.28. The van der Waals surface area contributed by atoms with Gasteiger partial charge in [0.15, 0.2) is 6.61 Å². The number of ether oxygens (including phenoxy) is 1. The predicted molar refractivity (Wildman–Crippen MR) is 88.8 cm³/mol. The molecule has 0 spiro atoms. The van der Waals surface area contributed by atoms with Gasteiger partial charge in [0.05, 0.1) is 0 Å². The summed E-state index contributed by atoms with van der Waals surface area (Å²) < 4.78 is 5.41. The van der Waals surface area contributed by atoms with Gasteiger partial charge < -0.3 is 19.9 Å². The Labute approximate surface area is 141 Å². The smallest absolute Gasteiger partial charge is 0.319 e. The second kappa shape index (κ2) is 8.06. The fraction of sp³-hybridized carbons (Fsp3) is 0.500. The number of likely N-dealkylation sites (tertiary alicyclic amines) is 1. The molecular weight excluding hydrogens is 318 g/mol. The number of carbonyl (C=O) groups is 2. The van der Waals surface area contributed by atoms with Crippen molar-refractivity contribution in [2.24, 2.45) is 0 Å². The Morgan fingerprint density at radius 1 is 1.26 bits per heavy atom. The topological polar surface area (TPSA) is 61.9 Å². The van der Waals surface area contributed by atoms with E-state index < -0.39 is 0 Å². The standard InChI is InChI=1S/C16H22ClN3O3/c1-19(2)16(22)20-9-7-13(8-10-20)18-15(21)11-23-14-5-3-12(17)4-6-14/h3-6,13H,7-11H2,1-2H3,(H,18,21). The van der Waals surface area contributed by atoms with Crippen LogP contribution in [0.15, 0.2) is 24.3 Å². The van der Waals surface area contributed by atoms with Gasteiger partial charge in [-0.3, -0.25) is 4.79 Å². The molecule has 0 saturated carbocycles. The van der Waals surface area contributed by atoms with Gasteiger partial charge >= 0.3 is 6.03 Å². The van der Waals surface area contributed by atoms with Gasteiger partial charge in [-0.15, -0.1) is 0 Å². The van der Waals surface area contributed by atoms with E-state index in [-0.39, 0.29) is 24.6 Å². The van der Waals surface area contributed by atoms with Crippen molar-refractivity contribution in [3.05, 3.63) is 29.3 Å². The summed E-state index contributed by atoms with van der Waals surface area (Å²) >= 11 is 5.79. The fourth-order valence-electron chi connectivity index (χ4n) is 2.45. The van der Waals surface area contributed by atoms with E-state index in [9.17, 15) is 9.59 Å². The van der Waals surface area contributed by atoms with Crippen molar-refractivity contribution in [3.8, 4) is 5.75 Å². The van der Waals surface area contributed by atoms with E-state index in [4.69, 9.17) is 16.3 Å². The molecule has 1 aliphatic heterocycles. The fourth-order valence-corrected chi connectivity index (χ4v) is 2.57. The Bertz CT molecular complexity index is 540. The van der Waals surface area contributed by atoms with Crippen LogP contribution in [-0.2, 0) is 4.79 Å². The lowest BCUT2D eigenvalue weighted by atomic mass is 10.1. The number of urea groups is 1. The zero-order valence-electron chi connectivity index (χ0n) is 13.4. The lowest BCUT2D eigenvalue weighted by Gasteiger charge is -2.33. The number of benzene rings is 1. The van der Waals surface area contributed by atoms with E-state index in [0.717, 1.165) is 12.8 Å². The Kier molecular flexibility index (Phi) is 6.10. The number of hydrogen-bond acceptors (Lipinski definition) is 3. The largest absolute Gasteiger partial charge is 0.484 e. The summed E-state index contributed by atoms with van der Waals surface area (Å²) in [6, 6.07) is 6.98. The summed E-state index contributed by atoms with van der Waals surface area (Å²) in [5, 5.41) is 3.57. The van der Waals surface area contributed by atoms with Crippen LogP contribution in [0.3, 0.4) is 0 Å². The maximum absolute atomic E-state index is 11.9. The normalized spacial score (nSPS) is 15.2. The number of carbonyl (C=O) groups excluding carboxylic acids is 2. The van der Waals surface area contributed by atoms with Gasteiger partial charge in [0.2, 0.25) is 0 Å². The van der Waals surface area contributed by atoms with Gasteiger partial charge in [-0.2, -0.15) is 0 Å². The van der Waals surface area contributed by atoms with Crippen LogP contribution in [0, 0.1) is 0 Å². The SMILES string of the molecule is CN(C)C(=O)N1CCC(NC(=O)COc2ccc(Cl)cc2)CC1. The first-order valence-corrected chi connectivity index (χ1v) is 7.97. The number of hydrogen-bond donors (Lipinski definition) is 1. The monoisotopic (exact) mass is 339 g/mol. The second-order valence-electron chi connectivity index (χ2n) is 5.75. The highest BCUT2D eigenvalue weighted by atomic mass is 35.5. The quantitative estimate of drug-likeness (QED) is 0.912. The molecular formula is C16H22ClN3O3. The number of nitrogens with one attached hydrogen (secondary N) is 1. The van der Waals surface area contributed by atoms with Crippen molar-refractivity contribution >= 4 is 23.5 Å². The second-order valence-corrected chi connectivity index (χ2v) is 6.18. The van der Waals surface area contributed by atoms with Crippen LogP contribution < -0.4 is 10.1 Å². The van der Waals surface area contributed by atoms with E-state index in [2.05, 4.69) is 5.32 Å².